The average Bonchev–Trinajstić information content (AvgIpc) is 2.83. The van der Waals surface area contributed by atoms with Crippen LogP contribution in [-0.4, -0.2) is 31.2 Å². The van der Waals surface area contributed by atoms with Crippen molar-refractivity contribution in [2.45, 2.75) is 42.5 Å². The smallest absolute Gasteiger partial charge is 0.181 e. The first-order valence-corrected chi connectivity index (χ1v) is 7.18. The molecule has 0 aliphatic heterocycles. The summed E-state index contributed by atoms with van der Waals surface area (Å²) >= 11 is 1.76. The van der Waals surface area contributed by atoms with Crippen LogP contribution >= 0.6 is 11.8 Å². The van der Waals surface area contributed by atoms with Crippen molar-refractivity contribution in [1.82, 2.24) is 19.9 Å². The Balaban J connectivity index is 1.85. The topological polar surface area (TPSA) is 80.5 Å². The molecule has 0 bridgehead atoms. The van der Waals surface area contributed by atoms with Gasteiger partial charge in [0.25, 0.3) is 0 Å². The summed E-state index contributed by atoms with van der Waals surface area (Å²) in [6.07, 6.45) is 6.74. The first kappa shape index (κ1) is 11.9. The van der Waals surface area contributed by atoms with Crippen molar-refractivity contribution in [2.75, 3.05) is 0 Å². The van der Waals surface area contributed by atoms with E-state index in [-0.39, 0.29) is 6.04 Å². The van der Waals surface area contributed by atoms with Crippen molar-refractivity contribution in [2.24, 2.45) is 11.7 Å². The molecule has 2 heterocycles. The highest BCUT2D eigenvalue weighted by atomic mass is 32.2. The molecule has 3 unspecified atom stereocenters. The molecule has 6 heteroatoms. The predicted molar refractivity (Wildman–Crippen MR) is 72.3 cm³/mol. The lowest BCUT2D eigenvalue weighted by atomic mass is 9.87. The van der Waals surface area contributed by atoms with Crippen LogP contribution in [0.25, 0.3) is 11.2 Å². The van der Waals surface area contributed by atoms with Crippen LogP contribution in [0.1, 0.15) is 26.2 Å². The zero-order chi connectivity index (χ0) is 12.5. The second-order valence-corrected chi connectivity index (χ2v) is 6.25. The van der Waals surface area contributed by atoms with E-state index in [1.54, 1.807) is 24.4 Å². The standard InChI is InChI=1S/C12H17N5S/c1-7-2-3-8(13)9(4-7)18-12-10-11(15-5-14-10)16-6-17-12/h5-9H,2-4,13H2,1H3,(H,14,15,16,17). The third-order valence-electron chi connectivity index (χ3n) is 3.56. The van der Waals surface area contributed by atoms with Gasteiger partial charge in [0, 0.05) is 11.3 Å². The number of nitrogens with two attached hydrogens (primary N) is 1. The monoisotopic (exact) mass is 263 g/mol. The van der Waals surface area contributed by atoms with Gasteiger partial charge in [-0.25, -0.2) is 15.0 Å². The lowest BCUT2D eigenvalue weighted by Crippen LogP contribution is -2.37. The fourth-order valence-electron chi connectivity index (χ4n) is 2.46. The zero-order valence-electron chi connectivity index (χ0n) is 10.3. The number of aromatic amines is 1. The van der Waals surface area contributed by atoms with Crippen molar-refractivity contribution >= 4 is 22.9 Å². The Kier molecular flexibility index (Phi) is 3.22. The fourth-order valence-corrected chi connectivity index (χ4v) is 3.86. The quantitative estimate of drug-likeness (QED) is 0.810. The van der Waals surface area contributed by atoms with E-state index < -0.39 is 0 Å². The summed E-state index contributed by atoms with van der Waals surface area (Å²) in [5.41, 5.74) is 7.87. The minimum atomic E-state index is 0.263. The minimum Gasteiger partial charge on any atom is -0.341 e. The first-order chi connectivity index (χ1) is 8.74. The van der Waals surface area contributed by atoms with E-state index >= 15 is 0 Å². The highest BCUT2D eigenvalue weighted by Gasteiger charge is 2.27. The van der Waals surface area contributed by atoms with Crippen LogP contribution in [0.3, 0.4) is 0 Å². The van der Waals surface area contributed by atoms with Gasteiger partial charge in [-0.05, 0) is 25.2 Å². The Morgan fingerprint density at radius 3 is 3.11 bits per heavy atom. The number of rotatable bonds is 2. The van der Waals surface area contributed by atoms with E-state index in [4.69, 9.17) is 5.73 Å². The highest BCUT2D eigenvalue weighted by Crippen LogP contribution is 2.36. The Hall–Kier alpha value is -1.14. The molecule has 18 heavy (non-hydrogen) atoms. The van der Waals surface area contributed by atoms with E-state index in [0.29, 0.717) is 5.25 Å². The second-order valence-electron chi connectivity index (χ2n) is 5.02. The Morgan fingerprint density at radius 1 is 1.33 bits per heavy atom. The zero-order valence-corrected chi connectivity index (χ0v) is 11.2. The van der Waals surface area contributed by atoms with Gasteiger partial charge in [-0.2, -0.15) is 0 Å². The van der Waals surface area contributed by atoms with Gasteiger partial charge in [-0.1, -0.05) is 18.7 Å². The van der Waals surface area contributed by atoms with Gasteiger partial charge >= 0.3 is 0 Å². The highest BCUT2D eigenvalue weighted by molar-refractivity contribution is 8.00. The van der Waals surface area contributed by atoms with Gasteiger partial charge in [-0.15, -0.1) is 0 Å². The Labute approximate surface area is 110 Å². The summed E-state index contributed by atoms with van der Waals surface area (Å²) < 4.78 is 0. The Bertz CT molecular complexity index is 540. The molecule has 1 saturated carbocycles. The molecule has 2 aromatic heterocycles. The summed E-state index contributed by atoms with van der Waals surface area (Å²) in [5.74, 6) is 0.751. The molecular formula is C12H17N5S. The lowest BCUT2D eigenvalue weighted by Gasteiger charge is -2.31. The van der Waals surface area contributed by atoms with Gasteiger partial charge in [-0.3, -0.25) is 0 Å². The SMILES string of the molecule is CC1CCC(N)C(Sc2ncnc3nc[nH]c23)C1. The third-order valence-corrected chi connectivity index (χ3v) is 4.93. The van der Waals surface area contributed by atoms with Gasteiger partial charge in [0.05, 0.1) is 6.33 Å². The van der Waals surface area contributed by atoms with Crippen LogP contribution in [0, 0.1) is 5.92 Å². The maximum atomic E-state index is 6.22. The molecule has 0 aromatic carbocycles. The summed E-state index contributed by atoms with van der Waals surface area (Å²) in [6.45, 7) is 2.30. The van der Waals surface area contributed by atoms with E-state index in [2.05, 4.69) is 26.9 Å². The minimum absolute atomic E-state index is 0.263. The fraction of sp³-hybridized carbons (Fsp3) is 0.583. The number of aromatic nitrogens is 4. The number of nitrogens with one attached hydrogen (secondary N) is 1. The molecule has 1 fully saturated rings. The summed E-state index contributed by atoms with van der Waals surface area (Å²) in [5, 5.41) is 1.40. The first-order valence-electron chi connectivity index (χ1n) is 6.30. The van der Waals surface area contributed by atoms with Gasteiger partial charge in [0.15, 0.2) is 5.65 Å². The molecule has 0 spiro atoms. The maximum absolute atomic E-state index is 6.22. The van der Waals surface area contributed by atoms with E-state index in [0.717, 1.165) is 34.9 Å². The van der Waals surface area contributed by atoms with Crippen molar-refractivity contribution in [3.63, 3.8) is 0 Å². The maximum Gasteiger partial charge on any atom is 0.181 e. The molecule has 3 rings (SSSR count). The van der Waals surface area contributed by atoms with Crippen LogP contribution in [-0.2, 0) is 0 Å². The van der Waals surface area contributed by atoms with Crippen molar-refractivity contribution in [3.05, 3.63) is 12.7 Å². The number of thioether (sulfide) groups is 1. The van der Waals surface area contributed by atoms with E-state index in [9.17, 15) is 0 Å². The van der Waals surface area contributed by atoms with Gasteiger partial charge in [0.2, 0.25) is 0 Å². The molecule has 0 radical (unpaired) electrons. The molecule has 0 amide bonds. The van der Waals surface area contributed by atoms with Crippen LogP contribution in [0.15, 0.2) is 17.7 Å². The largest absolute Gasteiger partial charge is 0.341 e. The van der Waals surface area contributed by atoms with Crippen molar-refractivity contribution < 1.29 is 0 Å². The van der Waals surface area contributed by atoms with E-state index in [1.165, 1.54) is 6.42 Å². The summed E-state index contributed by atoms with van der Waals surface area (Å²) in [7, 11) is 0. The predicted octanol–water partition coefficient (Wildman–Crippen LogP) is 1.96. The molecule has 3 atom stereocenters. The van der Waals surface area contributed by atoms with E-state index in [1.807, 2.05) is 0 Å². The molecule has 96 valence electrons. The molecular weight excluding hydrogens is 246 g/mol. The second kappa shape index (κ2) is 4.85. The average molecular weight is 263 g/mol. The number of nitrogens with zero attached hydrogens (tertiary/aromatic N) is 3. The Morgan fingerprint density at radius 2 is 2.22 bits per heavy atom. The van der Waals surface area contributed by atoms with Crippen LogP contribution in [0.2, 0.25) is 0 Å². The molecule has 0 saturated heterocycles. The molecule has 1 aliphatic carbocycles. The molecule has 5 nitrogen and oxygen atoms in total. The van der Waals surface area contributed by atoms with Gasteiger partial charge in [0.1, 0.15) is 16.9 Å². The number of H-pyrrole nitrogens is 1. The third kappa shape index (κ3) is 2.22. The number of imidazole rings is 1. The number of fused-ring (bicyclic) bond motifs is 1. The lowest BCUT2D eigenvalue weighted by molar-refractivity contribution is 0.357. The number of hydrogen-bond acceptors (Lipinski definition) is 5. The summed E-state index contributed by atoms with van der Waals surface area (Å²) in [6, 6.07) is 0.263. The molecule has 2 aromatic rings. The van der Waals surface area contributed by atoms with Gasteiger partial charge < -0.3 is 10.7 Å². The number of hydrogen-bond donors (Lipinski definition) is 2. The summed E-state index contributed by atoms with van der Waals surface area (Å²) in [4.78, 5) is 15.7. The van der Waals surface area contributed by atoms with Crippen LogP contribution in [0.5, 0.6) is 0 Å². The molecule has 3 N–H and O–H groups in total. The van der Waals surface area contributed by atoms with Crippen LogP contribution < -0.4 is 5.73 Å². The van der Waals surface area contributed by atoms with Crippen molar-refractivity contribution in [1.29, 1.82) is 0 Å². The normalized spacial score (nSPS) is 28.7. The van der Waals surface area contributed by atoms with Crippen LogP contribution in [0.4, 0.5) is 0 Å². The molecule has 1 aliphatic rings. The van der Waals surface area contributed by atoms with Crippen molar-refractivity contribution in [3.8, 4) is 0 Å².